The molecule has 2 atom stereocenters. The van der Waals surface area contributed by atoms with Crippen LogP contribution in [0.15, 0.2) is 0 Å². The Balaban J connectivity index is 1.32. The van der Waals surface area contributed by atoms with Crippen LogP contribution >= 0.6 is 0 Å². The van der Waals surface area contributed by atoms with Crippen molar-refractivity contribution in [3.8, 4) is 0 Å². The van der Waals surface area contributed by atoms with Crippen LogP contribution in [0.1, 0.15) is 71.1 Å². The van der Waals surface area contributed by atoms with Gasteiger partial charge in [0.25, 0.3) is 0 Å². The third kappa shape index (κ3) is 2.79. The summed E-state index contributed by atoms with van der Waals surface area (Å²) in [5, 5.41) is 9.70. The van der Waals surface area contributed by atoms with Gasteiger partial charge in [-0.25, -0.2) is 0 Å². The van der Waals surface area contributed by atoms with Crippen LogP contribution in [0.25, 0.3) is 0 Å². The summed E-state index contributed by atoms with van der Waals surface area (Å²) < 4.78 is 6.15. The molecule has 2 bridgehead atoms. The summed E-state index contributed by atoms with van der Waals surface area (Å²) in [7, 11) is 0. The lowest BCUT2D eigenvalue weighted by Crippen LogP contribution is -2.59. The Kier molecular flexibility index (Phi) is 4.04. The Morgan fingerprint density at radius 2 is 1.29 bits per heavy atom. The topological polar surface area (TPSA) is 29.5 Å². The van der Waals surface area contributed by atoms with Gasteiger partial charge in [0.1, 0.15) is 0 Å². The first-order valence-electron chi connectivity index (χ1n) is 9.54. The Morgan fingerprint density at radius 3 is 1.90 bits per heavy atom. The molecule has 0 aromatic rings. The average Bonchev–Trinajstić information content (AvgIpc) is 2.50. The molecule has 120 valence electrons. The van der Waals surface area contributed by atoms with Crippen molar-refractivity contribution in [3.05, 3.63) is 0 Å². The highest BCUT2D eigenvalue weighted by Crippen LogP contribution is 2.53. The van der Waals surface area contributed by atoms with Gasteiger partial charge in [0.05, 0.1) is 18.3 Å². The fourth-order valence-corrected chi connectivity index (χ4v) is 5.91. The molecule has 0 aromatic carbocycles. The van der Waals surface area contributed by atoms with E-state index in [0.29, 0.717) is 12.2 Å². The van der Waals surface area contributed by atoms with E-state index in [-0.39, 0.29) is 6.10 Å². The molecule has 5 rings (SSSR count). The van der Waals surface area contributed by atoms with Crippen LogP contribution in [0.5, 0.6) is 0 Å². The second-order valence-electron chi connectivity index (χ2n) is 8.61. The predicted molar refractivity (Wildman–Crippen MR) is 84.0 cm³/mol. The fraction of sp³-hybridized carbons (Fsp3) is 1.00. The van der Waals surface area contributed by atoms with Crippen molar-refractivity contribution in [2.24, 2.45) is 29.6 Å². The fourth-order valence-electron chi connectivity index (χ4n) is 5.91. The highest BCUT2D eigenvalue weighted by molar-refractivity contribution is 5.01. The zero-order valence-corrected chi connectivity index (χ0v) is 13.5. The molecule has 5 aliphatic rings. The Hall–Kier alpha value is -0.0800. The molecule has 0 radical (unpaired) electrons. The van der Waals surface area contributed by atoms with Crippen LogP contribution in [0.3, 0.4) is 0 Å². The van der Waals surface area contributed by atoms with Crippen molar-refractivity contribution in [1.29, 1.82) is 0 Å². The Bertz CT molecular complexity index is 341. The average molecular weight is 292 g/mol. The number of hydrogen-bond acceptors (Lipinski definition) is 2. The number of rotatable bonds is 2. The minimum Gasteiger partial charge on any atom is -0.393 e. The molecule has 2 saturated heterocycles. The van der Waals surface area contributed by atoms with Gasteiger partial charge < -0.3 is 9.84 Å². The Labute approximate surface area is 129 Å². The molecule has 3 saturated carbocycles. The maximum Gasteiger partial charge on any atom is 0.0637 e. The number of hydrogen-bond donors (Lipinski definition) is 1. The smallest absolute Gasteiger partial charge is 0.0637 e. The standard InChI is InChI=1S/C19H32O2/c1-12-2-4-13(5-3-12)15-10-17-19(18(11-15)21-17)14-6-8-16(20)9-7-14/h12-20H,2-11H2,1H3. The van der Waals surface area contributed by atoms with Gasteiger partial charge in [-0.3, -0.25) is 0 Å². The van der Waals surface area contributed by atoms with Crippen LogP contribution in [0, 0.1) is 29.6 Å². The zero-order chi connectivity index (χ0) is 14.4. The van der Waals surface area contributed by atoms with Crippen molar-refractivity contribution in [3.63, 3.8) is 0 Å². The second kappa shape index (κ2) is 5.85. The lowest BCUT2D eigenvalue weighted by Gasteiger charge is -2.57. The van der Waals surface area contributed by atoms with Gasteiger partial charge in [-0.15, -0.1) is 0 Å². The van der Waals surface area contributed by atoms with Crippen LogP contribution in [0.2, 0.25) is 0 Å². The van der Waals surface area contributed by atoms with E-state index in [0.717, 1.165) is 42.4 Å². The lowest BCUT2D eigenvalue weighted by molar-refractivity contribution is -0.253. The third-order valence-corrected chi connectivity index (χ3v) is 7.29. The second-order valence-corrected chi connectivity index (χ2v) is 8.61. The minimum atomic E-state index is -0.0148. The zero-order valence-electron chi connectivity index (χ0n) is 13.5. The summed E-state index contributed by atoms with van der Waals surface area (Å²) in [6.45, 7) is 2.42. The maximum atomic E-state index is 9.70. The van der Waals surface area contributed by atoms with Gasteiger partial charge in [0, 0.05) is 5.92 Å². The van der Waals surface area contributed by atoms with Gasteiger partial charge >= 0.3 is 0 Å². The van der Waals surface area contributed by atoms with Crippen molar-refractivity contribution >= 4 is 0 Å². The highest BCUT2D eigenvalue weighted by Gasteiger charge is 2.53. The van der Waals surface area contributed by atoms with Crippen LogP contribution < -0.4 is 0 Å². The largest absolute Gasteiger partial charge is 0.393 e. The molecule has 2 aliphatic heterocycles. The van der Waals surface area contributed by atoms with E-state index in [1.165, 1.54) is 51.4 Å². The molecule has 21 heavy (non-hydrogen) atoms. The summed E-state index contributed by atoms with van der Waals surface area (Å²) in [6.07, 6.45) is 14.3. The number of ether oxygens (including phenoxy) is 1. The van der Waals surface area contributed by atoms with Gasteiger partial charge in [-0.1, -0.05) is 19.8 Å². The number of fused-ring (bicyclic) bond motifs is 2. The molecule has 2 heterocycles. The molecule has 2 heteroatoms. The van der Waals surface area contributed by atoms with Gasteiger partial charge in [0.15, 0.2) is 0 Å². The number of aliphatic hydroxyl groups is 1. The summed E-state index contributed by atoms with van der Waals surface area (Å²) in [5.74, 6) is 4.63. The molecule has 2 nitrogen and oxygen atoms in total. The SMILES string of the molecule is CC1CCC(C2CC3OC(C2)C3C2CCC(O)CC2)CC1. The molecular formula is C19H32O2. The summed E-state index contributed by atoms with van der Waals surface area (Å²) in [5.41, 5.74) is 0. The van der Waals surface area contributed by atoms with E-state index in [4.69, 9.17) is 4.74 Å². The molecule has 0 amide bonds. The molecule has 3 aliphatic carbocycles. The van der Waals surface area contributed by atoms with E-state index < -0.39 is 0 Å². The molecular weight excluding hydrogens is 260 g/mol. The van der Waals surface area contributed by atoms with Crippen molar-refractivity contribution in [1.82, 2.24) is 0 Å². The summed E-state index contributed by atoms with van der Waals surface area (Å²) in [4.78, 5) is 0. The maximum absolute atomic E-state index is 9.70. The quantitative estimate of drug-likeness (QED) is 0.828. The predicted octanol–water partition coefficient (Wildman–Crippen LogP) is 4.16. The Morgan fingerprint density at radius 1 is 0.714 bits per heavy atom. The molecule has 0 spiro atoms. The first-order valence-corrected chi connectivity index (χ1v) is 9.54. The van der Waals surface area contributed by atoms with Gasteiger partial charge in [-0.2, -0.15) is 0 Å². The van der Waals surface area contributed by atoms with Gasteiger partial charge in [-0.05, 0) is 75.0 Å². The first kappa shape index (κ1) is 14.5. The number of aliphatic hydroxyl groups excluding tert-OH is 1. The summed E-state index contributed by atoms with van der Waals surface area (Å²) in [6, 6.07) is 0. The lowest BCUT2D eigenvalue weighted by atomic mass is 9.60. The molecule has 2 unspecified atom stereocenters. The van der Waals surface area contributed by atoms with Crippen molar-refractivity contribution < 1.29 is 9.84 Å². The van der Waals surface area contributed by atoms with Gasteiger partial charge in [0.2, 0.25) is 0 Å². The van der Waals surface area contributed by atoms with E-state index in [1.807, 2.05) is 0 Å². The van der Waals surface area contributed by atoms with E-state index in [9.17, 15) is 5.11 Å². The normalized spacial score (nSPS) is 54.0. The molecule has 5 fully saturated rings. The molecule has 1 N–H and O–H groups in total. The van der Waals surface area contributed by atoms with Crippen LogP contribution in [0.4, 0.5) is 0 Å². The van der Waals surface area contributed by atoms with Crippen LogP contribution in [-0.2, 0) is 4.74 Å². The summed E-state index contributed by atoms with van der Waals surface area (Å²) >= 11 is 0. The monoisotopic (exact) mass is 292 g/mol. The van der Waals surface area contributed by atoms with Crippen molar-refractivity contribution in [2.45, 2.75) is 89.4 Å². The van der Waals surface area contributed by atoms with Crippen LogP contribution in [-0.4, -0.2) is 23.4 Å². The first-order chi connectivity index (χ1) is 10.2. The third-order valence-electron chi connectivity index (χ3n) is 7.29. The minimum absolute atomic E-state index is 0.0148. The van der Waals surface area contributed by atoms with E-state index >= 15 is 0 Å². The van der Waals surface area contributed by atoms with Crippen molar-refractivity contribution in [2.75, 3.05) is 0 Å². The highest BCUT2D eigenvalue weighted by atomic mass is 16.5. The van der Waals surface area contributed by atoms with E-state index in [1.54, 1.807) is 0 Å². The van der Waals surface area contributed by atoms with E-state index in [2.05, 4.69) is 6.92 Å². The molecule has 0 aromatic heterocycles.